The number of rotatable bonds is 2. The summed E-state index contributed by atoms with van der Waals surface area (Å²) < 4.78 is 0. The van der Waals surface area contributed by atoms with Gasteiger partial charge < -0.3 is 4.79 Å². The summed E-state index contributed by atoms with van der Waals surface area (Å²) in [5.74, 6) is -0.127. The maximum absolute atomic E-state index is 11.1. The van der Waals surface area contributed by atoms with Crippen molar-refractivity contribution in [2.75, 3.05) is 0 Å². The molecule has 88 valence electrons. The highest BCUT2D eigenvalue weighted by Crippen LogP contribution is 2.45. The van der Waals surface area contributed by atoms with E-state index in [0.717, 1.165) is 18.3 Å². The van der Waals surface area contributed by atoms with E-state index in [0.29, 0.717) is 0 Å². The fourth-order valence-corrected chi connectivity index (χ4v) is 2.54. The lowest BCUT2D eigenvalue weighted by Gasteiger charge is -2.35. The van der Waals surface area contributed by atoms with E-state index in [1.54, 1.807) is 0 Å². The molecule has 1 atom stereocenters. The predicted molar refractivity (Wildman–Crippen MR) is 71.5 cm³/mol. The third-order valence-corrected chi connectivity index (χ3v) is 3.45. The van der Waals surface area contributed by atoms with Gasteiger partial charge >= 0.3 is 0 Å². The lowest BCUT2D eigenvalue weighted by molar-refractivity contribution is -0.109. The molecular formula is C16H18O. The molecule has 0 heterocycles. The van der Waals surface area contributed by atoms with Crippen LogP contribution in [0.1, 0.15) is 25.8 Å². The SMILES string of the molecule is C=C1CC(C)(C)C(c2ccccc2)=CC1C=O. The van der Waals surface area contributed by atoms with Crippen LogP contribution in [-0.4, -0.2) is 6.29 Å². The van der Waals surface area contributed by atoms with Crippen molar-refractivity contribution in [1.82, 2.24) is 0 Å². The van der Waals surface area contributed by atoms with Crippen molar-refractivity contribution in [3.63, 3.8) is 0 Å². The standard InChI is InChI=1S/C16H18O/c1-12-10-16(2,3)15(9-14(12)11-17)13-7-5-4-6-8-13/h4-9,11,14H,1,10H2,2-3H3. The Hall–Kier alpha value is -1.63. The van der Waals surface area contributed by atoms with E-state index in [-0.39, 0.29) is 11.3 Å². The maximum atomic E-state index is 11.1. The first-order valence-electron chi connectivity index (χ1n) is 5.95. The van der Waals surface area contributed by atoms with Crippen LogP contribution in [0.3, 0.4) is 0 Å². The molecule has 1 aliphatic rings. The first-order valence-corrected chi connectivity index (χ1v) is 5.95. The second-order valence-corrected chi connectivity index (χ2v) is 5.33. The molecule has 0 aromatic heterocycles. The first kappa shape index (κ1) is 11.8. The molecule has 0 fully saturated rings. The molecule has 1 nitrogen and oxygen atoms in total. The predicted octanol–water partition coefficient (Wildman–Crippen LogP) is 3.87. The van der Waals surface area contributed by atoms with Gasteiger partial charge in [0.1, 0.15) is 6.29 Å². The molecule has 1 aromatic rings. The fraction of sp³-hybridized carbons (Fsp3) is 0.312. The molecule has 1 aromatic carbocycles. The Morgan fingerprint density at radius 1 is 1.29 bits per heavy atom. The van der Waals surface area contributed by atoms with Crippen LogP contribution in [0.5, 0.6) is 0 Å². The molecule has 0 bridgehead atoms. The normalized spacial score (nSPS) is 23.1. The maximum Gasteiger partial charge on any atom is 0.130 e. The van der Waals surface area contributed by atoms with Gasteiger partial charge in [-0.05, 0) is 23.0 Å². The van der Waals surface area contributed by atoms with E-state index in [9.17, 15) is 4.79 Å². The molecule has 0 saturated heterocycles. The van der Waals surface area contributed by atoms with Gasteiger partial charge in [0.25, 0.3) is 0 Å². The quantitative estimate of drug-likeness (QED) is 0.552. The third kappa shape index (κ3) is 2.23. The molecule has 0 saturated carbocycles. The molecule has 1 unspecified atom stereocenters. The Morgan fingerprint density at radius 2 is 1.94 bits per heavy atom. The van der Waals surface area contributed by atoms with Crippen molar-refractivity contribution in [2.45, 2.75) is 20.3 Å². The van der Waals surface area contributed by atoms with Gasteiger partial charge in [-0.25, -0.2) is 0 Å². The van der Waals surface area contributed by atoms with Gasteiger partial charge in [-0.1, -0.05) is 62.4 Å². The third-order valence-electron chi connectivity index (χ3n) is 3.45. The number of carbonyl (C=O) groups is 1. The summed E-state index contributed by atoms with van der Waals surface area (Å²) in [7, 11) is 0. The Kier molecular flexibility index (Phi) is 3.01. The highest BCUT2D eigenvalue weighted by molar-refractivity contribution is 5.77. The fourth-order valence-electron chi connectivity index (χ4n) is 2.54. The van der Waals surface area contributed by atoms with Crippen LogP contribution >= 0.6 is 0 Å². The van der Waals surface area contributed by atoms with Crippen molar-refractivity contribution in [2.24, 2.45) is 11.3 Å². The Morgan fingerprint density at radius 3 is 2.53 bits per heavy atom. The van der Waals surface area contributed by atoms with E-state index in [2.05, 4.69) is 38.6 Å². The topological polar surface area (TPSA) is 17.1 Å². The van der Waals surface area contributed by atoms with Gasteiger partial charge in [0.2, 0.25) is 0 Å². The van der Waals surface area contributed by atoms with Crippen LogP contribution in [0.4, 0.5) is 0 Å². The molecule has 0 amide bonds. The van der Waals surface area contributed by atoms with E-state index in [1.165, 1.54) is 11.1 Å². The number of carbonyl (C=O) groups excluding carboxylic acids is 1. The Bertz CT molecular complexity index is 466. The summed E-state index contributed by atoms with van der Waals surface area (Å²) in [6.45, 7) is 8.43. The van der Waals surface area contributed by atoms with E-state index >= 15 is 0 Å². The molecule has 1 aliphatic carbocycles. The summed E-state index contributed by atoms with van der Waals surface area (Å²) >= 11 is 0. The minimum absolute atomic E-state index is 0.0535. The zero-order chi connectivity index (χ0) is 12.5. The zero-order valence-electron chi connectivity index (χ0n) is 10.4. The van der Waals surface area contributed by atoms with E-state index in [4.69, 9.17) is 0 Å². The Labute approximate surface area is 103 Å². The number of aldehydes is 1. The second kappa shape index (κ2) is 4.33. The molecule has 0 spiro atoms. The van der Waals surface area contributed by atoms with Gasteiger partial charge in [-0.15, -0.1) is 0 Å². The average Bonchev–Trinajstić information content (AvgIpc) is 2.29. The van der Waals surface area contributed by atoms with Crippen LogP contribution in [0.2, 0.25) is 0 Å². The molecule has 0 N–H and O–H groups in total. The van der Waals surface area contributed by atoms with Crippen LogP contribution in [0.15, 0.2) is 48.6 Å². The van der Waals surface area contributed by atoms with Gasteiger partial charge in [0.15, 0.2) is 0 Å². The molecule has 1 heteroatoms. The molecule has 2 rings (SSSR count). The van der Waals surface area contributed by atoms with E-state index < -0.39 is 0 Å². The van der Waals surface area contributed by atoms with Gasteiger partial charge in [-0.3, -0.25) is 0 Å². The first-order chi connectivity index (χ1) is 8.04. The van der Waals surface area contributed by atoms with Gasteiger partial charge in [0, 0.05) is 0 Å². The molecule has 0 aliphatic heterocycles. The summed E-state index contributed by atoms with van der Waals surface area (Å²) in [6.07, 6.45) is 3.92. The van der Waals surface area contributed by atoms with Crippen LogP contribution in [0, 0.1) is 11.3 Å². The van der Waals surface area contributed by atoms with Crippen molar-refractivity contribution in [1.29, 1.82) is 0 Å². The number of hydrogen-bond acceptors (Lipinski definition) is 1. The number of benzene rings is 1. The zero-order valence-corrected chi connectivity index (χ0v) is 10.4. The van der Waals surface area contributed by atoms with Crippen molar-refractivity contribution < 1.29 is 4.79 Å². The lowest BCUT2D eigenvalue weighted by atomic mass is 9.69. The largest absolute Gasteiger partial charge is 0.302 e. The minimum Gasteiger partial charge on any atom is -0.302 e. The summed E-state index contributed by atoms with van der Waals surface area (Å²) in [5, 5.41) is 0. The van der Waals surface area contributed by atoms with E-state index in [1.807, 2.05) is 18.2 Å². The monoisotopic (exact) mass is 226 g/mol. The highest BCUT2D eigenvalue weighted by atomic mass is 16.1. The van der Waals surface area contributed by atoms with Crippen LogP contribution in [0.25, 0.3) is 5.57 Å². The summed E-state index contributed by atoms with van der Waals surface area (Å²) in [4.78, 5) is 11.1. The summed E-state index contributed by atoms with van der Waals surface area (Å²) in [6, 6.07) is 10.3. The van der Waals surface area contributed by atoms with Crippen LogP contribution in [-0.2, 0) is 4.79 Å². The molecule has 0 radical (unpaired) electrons. The Balaban J connectivity index is 2.49. The average molecular weight is 226 g/mol. The number of allylic oxidation sites excluding steroid dienone is 3. The van der Waals surface area contributed by atoms with Gasteiger partial charge in [0.05, 0.1) is 5.92 Å². The van der Waals surface area contributed by atoms with Crippen LogP contribution < -0.4 is 0 Å². The minimum atomic E-state index is -0.127. The van der Waals surface area contributed by atoms with Gasteiger partial charge in [-0.2, -0.15) is 0 Å². The van der Waals surface area contributed by atoms with Crippen molar-refractivity contribution in [3.8, 4) is 0 Å². The smallest absolute Gasteiger partial charge is 0.130 e. The molecular weight excluding hydrogens is 208 g/mol. The second-order valence-electron chi connectivity index (χ2n) is 5.33. The van der Waals surface area contributed by atoms with Crippen molar-refractivity contribution >= 4 is 11.9 Å². The molecule has 17 heavy (non-hydrogen) atoms. The number of hydrogen-bond donors (Lipinski definition) is 0. The lowest BCUT2D eigenvalue weighted by Crippen LogP contribution is -2.23. The van der Waals surface area contributed by atoms with Crippen molar-refractivity contribution in [3.05, 3.63) is 54.1 Å². The summed E-state index contributed by atoms with van der Waals surface area (Å²) in [5.41, 5.74) is 3.53. The highest BCUT2D eigenvalue weighted by Gasteiger charge is 2.32.